The highest BCUT2D eigenvalue weighted by Crippen LogP contribution is 2.27. The molecule has 0 saturated heterocycles. The Morgan fingerprint density at radius 2 is 2.26 bits per heavy atom. The van der Waals surface area contributed by atoms with Crippen LogP contribution in [0.3, 0.4) is 0 Å². The van der Waals surface area contributed by atoms with Crippen LogP contribution in [0.15, 0.2) is 36.0 Å². The summed E-state index contributed by atoms with van der Waals surface area (Å²) in [5.74, 6) is 2.76. The Morgan fingerprint density at radius 1 is 1.35 bits per heavy atom. The van der Waals surface area contributed by atoms with E-state index in [9.17, 15) is 0 Å². The summed E-state index contributed by atoms with van der Waals surface area (Å²) in [5, 5.41) is 3.60. The predicted molar refractivity (Wildman–Crippen MR) is 91.7 cm³/mol. The molecule has 1 aromatic carbocycles. The molecule has 23 heavy (non-hydrogen) atoms. The van der Waals surface area contributed by atoms with E-state index in [1.54, 1.807) is 0 Å². The summed E-state index contributed by atoms with van der Waals surface area (Å²) in [6.07, 6.45) is 6.89. The number of aryl methyl sites for hydroxylation is 2. The predicted octanol–water partition coefficient (Wildman–Crippen LogP) is 3.13. The quantitative estimate of drug-likeness (QED) is 0.943. The fourth-order valence-electron chi connectivity index (χ4n) is 3.57. The number of nitrogens with one attached hydrogen (secondary N) is 1. The lowest BCUT2D eigenvalue weighted by Crippen LogP contribution is -2.29. The average molecular weight is 309 g/mol. The van der Waals surface area contributed by atoms with Gasteiger partial charge >= 0.3 is 0 Å². The van der Waals surface area contributed by atoms with Gasteiger partial charge in [-0.1, -0.05) is 18.2 Å². The van der Waals surface area contributed by atoms with Gasteiger partial charge in [-0.2, -0.15) is 0 Å². The van der Waals surface area contributed by atoms with E-state index < -0.39 is 0 Å². The van der Waals surface area contributed by atoms with Gasteiger partial charge in [-0.25, -0.2) is 4.98 Å². The van der Waals surface area contributed by atoms with Crippen molar-refractivity contribution >= 4 is 6.08 Å². The van der Waals surface area contributed by atoms with Gasteiger partial charge in [-0.05, 0) is 37.5 Å². The highest BCUT2D eigenvalue weighted by Gasteiger charge is 2.22. The zero-order chi connectivity index (χ0) is 15.6. The van der Waals surface area contributed by atoms with Gasteiger partial charge in [0.2, 0.25) is 0 Å². The molecule has 0 radical (unpaired) electrons. The summed E-state index contributed by atoms with van der Waals surface area (Å²) in [6, 6.07) is 8.21. The Labute approximate surface area is 137 Å². The zero-order valence-corrected chi connectivity index (χ0v) is 13.6. The normalized spacial score (nSPS) is 19.5. The van der Waals surface area contributed by atoms with Gasteiger partial charge in [-0.3, -0.25) is 0 Å². The molecule has 0 saturated carbocycles. The molecule has 0 aliphatic carbocycles. The lowest BCUT2D eigenvalue weighted by molar-refractivity contribution is 0.341. The molecule has 3 heterocycles. The molecule has 2 aliphatic rings. The molecule has 4 rings (SSSR count). The van der Waals surface area contributed by atoms with Crippen molar-refractivity contribution in [3.8, 4) is 5.75 Å². The van der Waals surface area contributed by atoms with Crippen LogP contribution in [0.2, 0.25) is 0 Å². The van der Waals surface area contributed by atoms with E-state index in [0.717, 1.165) is 31.1 Å². The van der Waals surface area contributed by atoms with Crippen LogP contribution >= 0.6 is 0 Å². The third kappa shape index (κ3) is 3.04. The SMILES string of the molecule is Cc1cn2c(n1)[C@H](CNCC1=Cc3ccccc3OC1)CCC2. The van der Waals surface area contributed by atoms with Gasteiger partial charge in [0, 0.05) is 37.3 Å². The van der Waals surface area contributed by atoms with Gasteiger partial charge < -0.3 is 14.6 Å². The highest BCUT2D eigenvalue weighted by atomic mass is 16.5. The van der Waals surface area contributed by atoms with E-state index in [1.807, 2.05) is 12.1 Å². The van der Waals surface area contributed by atoms with E-state index >= 15 is 0 Å². The maximum absolute atomic E-state index is 5.81. The number of nitrogens with zero attached hydrogens (tertiary/aromatic N) is 2. The standard InChI is InChI=1S/C19H23N3O/c1-14-12-22-8-4-6-17(19(22)21-14)11-20-10-15-9-16-5-2-3-7-18(16)23-13-15/h2-3,5,7,9,12,17,20H,4,6,8,10-11,13H2,1H3/t17-/m0/s1. The number of para-hydroxylation sites is 1. The number of hydrogen-bond donors (Lipinski definition) is 1. The lowest BCUT2D eigenvalue weighted by Gasteiger charge is -2.24. The van der Waals surface area contributed by atoms with Crippen molar-refractivity contribution in [2.24, 2.45) is 0 Å². The summed E-state index contributed by atoms with van der Waals surface area (Å²) in [4.78, 5) is 4.71. The Bertz CT molecular complexity index is 732. The van der Waals surface area contributed by atoms with Gasteiger partial charge in [0.05, 0.1) is 5.69 Å². The van der Waals surface area contributed by atoms with Crippen LogP contribution in [0.1, 0.15) is 35.8 Å². The van der Waals surface area contributed by atoms with Gasteiger partial charge in [0.15, 0.2) is 0 Å². The molecular weight excluding hydrogens is 286 g/mol. The van der Waals surface area contributed by atoms with Crippen LogP contribution in [0.5, 0.6) is 5.75 Å². The Hall–Kier alpha value is -2.07. The van der Waals surface area contributed by atoms with Crippen molar-refractivity contribution in [1.82, 2.24) is 14.9 Å². The van der Waals surface area contributed by atoms with Crippen molar-refractivity contribution in [2.45, 2.75) is 32.2 Å². The first-order valence-corrected chi connectivity index (χ1v) is 8.45. The minimum Gasteiger partial charge on any atom is -0.489 e. The van der Waals surface area contributed by atoms with Crippen molar-refractivity contribution < 1.29 is 4.74 Å². The molecule has 4 heteroatoms. The van der Waals surface area contributed by atoms with Crippen LogP contribution < -0.4 is 10.1 Å². The minimum atomic E-state index is 0.523. The largest absolute Gasteiger partial charge is 0.489 e. The van der Waals surface area contributed by atoms with Gasteiger partial charge in [-0.15, -0.1) is 0 Å². The zero-order valence-electron chi connectivity index (χ0n) is 13.6. The van der Waals surface area contributed by atoms with Crippen molar-refractivity contribution in [1.29, 1.82) is 0 Å². The Morgan fingerprint density at radius 3 is 3.22 bits per heavy atom. The topological polar surface area (TPSA) is 39.1 Å². The highest BCUT2D eigenvalue weighted by molar-refractivity contribution is 5.62. The molecule has 0 unspecified atom stereocenters. The molecule has 0 amide bonds. The maximum atomic E-state index is 5.81. The van der Waals surface area contributed by atoms with E-state index in [0.29, 0.717) is 12.5 Å². The number of imidazole rings is 1. The number of fused-ring (bicyclic) bond motifs is 2. The van der Waals surface area contributed by atoms with Gasteiger partial charge in [0.25, 0.3) is 0 Å². The third-order valence-corrected chi connectivity index (χ3v) is 4.68. The van der Waals surface area contributed by atoms with Crippen molar-refractivity contribution in [3.63, 3.8) is 0 Å². The second-order valence-electron chi connectivity index (χ2n) is 6.53. The number of benzene rings is 1. The third-order valence-electron chi connectivity index (χ3n) is 4.68. The van der Waals surface area contributed by atoms with Crippen LogP contribution in [0.4, 0.5) is 0 Å². The average Bonchev–Trinajstić information content (AvgIpc) is 2.96. The number of aromatic nitrogens is 2. The molecule has 0 spiro atoms. The van der Waals surface area contributed by atoms with Crippen molar-refractivity contribution in [2.75, 3.05) is 19.7 Å². The molecule has 2 aliphatic heterocycles. The molecule has 2 aromatic rings. The molecule has 0 fully saturated rings. The van der Waals surface area contributed by atoms with E-state index in [-0.39, 0.29) is 0 Å². The molecule has 0 bridgehead atoms. The van der Waals surface area contributed by atoms with E-state index in [4.69, 9.17) is 9.72 Å². The fourth-order valence-corrected chi connectivity index (χ4v) is 3.57. The Balaban J connectivity index is 1.37. The van der Waals surface area contributed by atoms with Crippen molar-refractivity contribution in [3.05, 3.63) is 53.1 Å². The summed E-state index contributed by atoms with van der Waals surface area (Å²) in [7, 11) is 0. The summed E-state index contributed by atoms with van der Waals surface area (Å²) >= 11 is 0. The first-order valence-electron chi connectivity index (χ1n) is 8.45. The molecular formula is C19H23N3O. The second-order valence-corrected chi connectivity index (χ2v) is 6.53. The molecule has 1 atom stereocenters. The number of hydrogen-bond acceptors (Lipinski definition) is 3. The lowest BCUT2D eigenvalue weighted by atomic mass is 9.98. The first kappa shape index (κ1) is 14.5. The molecule has 120 valence electrons. The monoisotopic (exact) mass is 309 g/mol. The van der Waals surface area contributed by atoms with E-state index in [2.05, 4.69) is 41.2 Å². The molecule has 4 nitrogen and oxygen atoms in total. The van der Waals surface area contributed by atoms with Gasteiger partial charge in [0.1, 0.15) is 18.2 Å². The van der Waals surface area contributed by atoms with E-state index in [1.165, 1.54) is 29.8 Å². The molecule has 1 N–H and O–H groups in total. The minimum absolute atomic E-state index is 0.523. The number of ether oxygens (including phenoxy) is 1. The fraction of sp³-hybridized carbons (Fsp3) is 0.421. The van der Waals surface area contributed by atoms with Crippen LogP contribution in [0.25, 0.3) is 6.08 Å². The van der Waals surface area contributed by atoms with Crippen LogP contribution in [-0.2, 0) is 6.54 Å². The second kappa shape index (κ2) is 6.20. The summed E-state index contributed by atoms with van der Waals surface area (Å²) in [5.41, 5.74) is 3.62. The smallest absolute Gasteiger partial charge is 0.127 e. The summed E-state index contributed by atoms with van der Waals surface area (Å²) < 4.78 is 8.14. The van der Waals surface area contributed by atoms with Crippen LogP contribution in [0, 0.1) is 6.92 Å². The first-order chi connectivity index (χ1) is 11.3. The Kier molecular flexibility index (Phi) is 3.92. The molecule has 1 aromatic heterocycles. The number of rotatable bonds is 4. The summed E-state index contributed by atoms with van der Waals surface area (Å²) in [6.45, 7) is 5.74. The van der Waals surface area contributed by atoms with Crippen LogP contribution in [-0.4, -0.2) is 29.2 Å². The maximum Gasteiger partial charge on any atom is 0.127 e.